The van der Waals surface area contributed by atoms with E-state index in [-0.39, 0.29) is 11.4 Å². The van der Waals surface area contributed by atoms with Gasteiger partial charge in [-0.25, -0.2) is 0 Å². The molecule has 0 spiro atoms. The fraction of sp³-hybridized carbons (Fsp3) is 0.100. The molecule has 19 heavy (non-hydrogen) atoms. The van der Waals surface area contributed by atoms with Crippen molar-refractivity contribution in [2.45, 2.75) is 6.18 Å². The minimum Gasteiger partial charge on any atom is -0.411 e. The van der Waals surface area contributed by atoms with Gasteiger partial charge in [-0.3, -0.25) is 5.43 Å². The van der Waals surface area contributed by atoms with Gasteiger partial charge in [0.15, 0.2) is 0 Å². The third kappa shape index (κ3) is 4.66. The molecule has 6 nitrogen and oxygen atoms in total. The van der Waals surface area contributed by atoms with E-state index >= 15 is 0 Å². The van der Waals surface area contributed by atoms with Crippen molar-refractivity contribution in [2.75, 3.05) is 5.43 Å². The van der Waals surface area contributed by atoms with Gasteiger partial charge < -0.3 is 10.4 Å². The Kier molecular flexibility index (Phi) is 4.86. The van der Waals surface area contributed by atoms with Crippen LogP contribution in [0.15, 0.2) is 39.7 Å². The predicted octanol–water partition coefficient (Wildman–Crippen LogP) is 2.39. The zero-order valence-electron chi connectivity index (χ0n) is 9.33. The van der Waals surface area contributed by atoms with Gasteiger partial charge in [-0.05, 0) is 24.3 Å². The number of benzene rings is 1. The zero-order valence-corrected chi connectivity index (χ0v) is 9.33. The Bertz CT molecular complexity index is 480. The summed E-state index contributed by atoms with van der Waals surface area (Å²) in [7, 11) is 0. The number of anilines is 1. The van der Waals surface area contributed by atoms with Crippen LogP contribution in [0.1, 0.15) is 5.56 Å². The van der Waals surface area contributed by atoms with E-state index < -0.39 is 11.7 Å². The zero-order chi connectivity index (χ0) is 14.3. The fourth-order valence-electron chi connectivity index (χ4n) is 1.07. The molecule has 0 heterocycles. The molecule has 3 N–H and O–H groups in total. The van der Waals surface area contributed by atoms with Crippen LogP contribution in [-0.2, 0) is 6.18 Å². The number of nitrogens with one attached hydrogen (secondary N) is 1. The molecule has 1 aromatic rings. The van der Waals surface area contributed by atoms with Crippen LogP contribution in [0.25, 0.3) is 0 Å². The first-order valence-corrected chi connectivity index (χ1v) is 4.83. The van der Waals surface area contributed by atoms with Crippen LogP contribution in [0.4, 0.5) is 18.9 Å². The molecule has 1 rings (SSSR count). The molecule has 0 radical (unpaired) electrons. The first-order valence-electron chi connectivity index (χ1n) is 4.83. The van der Waals surface area contributed by atoms with Gasteiger partial charge in [0.2, 0.25) is 0 Å². The summed E-state index contributed by atoms with van der Waals surface area (Å²) in [5.41, 5.74) is 1.87. The molecule has 0 aliphatic rings. The summed E-state index contributed by atoms with van der Waals surface area (Å²) in [4.78, 5) is 0. The van der Waals surface area contributed by atoms with Crippen LogP contribution in [0.5, 0.6) is 0 Å². The molecule has 0 unspecified atom stereocenters. The van der Waals surface area contributed by atoms with Crippen molar-refractivity contribution in [3.63, 3.8) is 0 Å². The Morgan fingerprint density at radius 1 is 1.05 bits per heavy atom. The molecule has 1 aromatic carbocycles. The summed E-state index contributed by atoms with van der Waals surface area (Å²) in [5, 5.41) is 25.5. The molecule has 0 fully saturated rings. The van der Waals surface area contributed by atoms with Gasteiger partial charge in [0.1, 0.15) is 5.71 Å². The number of oxime groups is 2. The van der Waals surface area contributed by atoms with Crippen LogP contribution < -0.4 is 5.43 Å². The quantitative estimate of drug-likeness (QED) is 0.447. The highest BCUT2D eigenvalue weighted by Gasteiger charge is 2.29. The molecule has 0 atom stereocenters. The van der Waals surface area contributed by atoms with Crippen molar-refractivity contribution < 1.29 is 23.6 Å². The maximum Gasteiger partial charge on any atom is 0.416 e. The van der Waals surface area contributed by atoms with Gasteiger partial charge in [-0.15, -0.1) is 0 Å². The van der Waals surface area contributed by atoms with Gasteiger partial charge in [-0.2, -0.15) is 18.3 Å². The lowest BCUT2D eigenvalue weighted by Crippen LogP contribution is -2.06. The predicted molar refractivity (Wildman–Crippen MR) is 63.1 cm³/mol. The van der Waals surface area contributed by atoms with Crippen LogP contribution in [0, 0.1) is 0 Å². The van der Waals surface area contributed by atoms with E-state index in [1.54, 1.807) is 0 Å². The van der Waals surface area contributed by atoms with E-state index in [9.17, 15) is 13.2 Å². The van der Waals surface area contributed by atoms with Gasteiger partial charge in [0.25, 0.3) is 0 Å². The largest absolute Gasteiger partial charge is 0.416 e. The Morgan fingerprint density at radius 3 is 2.00 bits per heavy atom. The van der Waals surface area contributed by atoms with Crippen LogP contribution in [-0.4, -0.2) is 28.6 Å². The molecule has 0 amide bonds. The lowest BCUT2D eigenvalue weighted by molar-refractivity contribution is -0.137. The molecular formula is C10H9F3N4O2. The SMILES string of the molecule is ON=CC(C=NO)=NNc1ccc(C(F)(F)F)cc1. The lowest BCUT2D eigenvalue weighted by Gasteiger charge is -2.07. The summed E-state index contributed by atoms with van der Waals surface area (Å²) in [5.74, 6) is 0. The Balaban J connectivity index is 2.80. The average molecular weight is 274 g/mol. The minimum absolute atomic E-state index is 0.0371. The maximum absolute atomic E-state index is 12.3. The topological polar surface area (TPSA) is 89.6 Å². The molecule has 0 saturated carbocycles. The summed E-state index contributed by atoms with van der Waals surface area (Å²) >= 11 is 0. The molecule has 102 valence electrons. The van der Waals surface area contributed by atoms with E-state index in [2.05, 4.69) is 20.8 Å². The second kappa shape index (κ2) is 6.38. The summed E-state index contributed by atoms with van der Waals surface area (Å²) in [6.07, 6.45) is -2.66. The first-order chi connectivity index (χ1) is 8.97. The van der Waals surface area contributed by atoms with E-state index in [4.69, 9.17) is 10.4 Å². The summed E-state index contributed by atoms with van der Waals surface area (Å²) in [6.45, 7) is 0. The van der Waals surface area contributed by atoms with Crippen molar-refractivity contribution in [3.8, 4) is 0 Å². The third-order valence-corrected chi connectivity index (χ3v) is 1.91. The monoisotopic (exact) mass is 274 g/mol. The number of rotatable bonds is 4. The lowest BCUT2D eigenvalue weighted by atomic mass is 10.2. The van der Waals surface area contributed by atoms with Gasteiger partial charge in [0.05, 0.1) is 23.7 Å². The normalized spacial score (nSPS) is 11.9. The van der Waals surface area contributed by atoms with Crippen molar-refractivity contribution in [2.24, 2.45) is 15.4 Å². The smallest absolute Gasteiger partial charge is 0.411 e. The highest BCUT2D eigenvalue weighted by atomic mass is 19.4. The summed E-state index contributed by atoms with van der Waals surface area (Å²) < 4.78 is 36.9. The third-order valence-electron chi connectivity index (χ3n) is 1.91. The van der Waals surface area contributed by atoms with Crippen LogP contribution >= 0.6 is 0 Å². The second-order valence-electron chi connectivity index (χ2n) is 3.21. The van der Waals surface area contributed by atoms with E-state index in [0.29, 0.717) is 0 Å². The van der Waals surface area contributed by atoms with E-state index in [1.165, 1.54) is 12.1 Å². The van der Waals surface area contributed by atoms with Gasteiger partial charge in [0, 0.05) is 0 Å². The molecule has 0 bridgehead atoms. The molecular weight excluding hydrogens is 265 g/mol. The summed E-state index contributed by atoms with van der Waals surface area (Å²) in [6, 6.07) is 4.13. The Hall–Kier alpha value is -2.58. The number of hydrogen-bond donors (Lipinski definition) is 3. The Morgan fingerprint density at radius 2 is 1.58 bits per heavy atom. The second-order valence-corrected chi connectivity index (χ2v) is 3.21. The first kappa shape index (κ1) is 14.5. The number of hydrazone groups is 1. The average Bonchev–Trinajstić information content (AvgIpc) is 2.36. The minimum atomic E-state index is -4.40. The van der Waals surface area contributed by atoms with Gasteiger partial charge in [-0.1, -0.05) is 10.3 Å². The molecule has 0 aliphatic carbocycles. The molecule has 0 saturated heterocycles. The number of alkyl halides is 3. The molecule has 9 heteroatoms. The van der Waals surface area contributed by atoms with E-state index in [1.807, 2.05) is 0 Å². The van der Waals surface area contributed by atoms with Crippen LogP contribution in [0.3, 0.4) is 0 Å². The fourth-order valence-corrected chi connectivity index (χ4v) is 1.07. The van der Waals surface area contributed by atoms with E-state index in [0.717, 1.165) is 24.6 Å². The van der Waals surface area contributed by atoms with Gasteiger partial charge >= 0.3 is 6.18 Å². The molecule has 0 aromatic heterocycles. The molecule has 0 aliphatic heterocycles. The highest BCUT2D eigenvalue weighted by Crippen LogP contribution is 2.29. The standard InChI is InChI=1S/C10H9F3N4O2/c11-10(12,13)7-1-3-8(4-2-7)16-17-9(5-14-18)6-15-19/h1-6,16,18-19H. The Labute approximate surface area is 105 Å². The maximum atomic E-state index is 12.3. The highest BCUT2D eigenvalue weighted by molar-refractivity contribution is 6.55. The number of hydrogen-bond acceptors (Lipinski definition) is 6. The van der Waals surface area contributed by atoms with Crippen LogP contribution in [0.2, 0.25) is 0 Å². The number of halogens is 3. The van der Waals surface area contributed by atoms with Crippen molar-refractivity contribution in [1.82, 2.24) is 0 Å². The van der Waals surface area contributed by atoms with Crippen molar-refractivity contribution in [1.29, 1.82) is 0 Å². The number of nitrogens with zero attached hydrogens (tertiary/aromatic N) is 3. The van der Waals surface area contributed by atoms with Crippen molar-refractivity contribution in [3.05, 3.63) is 29.8 Å². The van der Waals surface area contributed by atoms with Crippen molar-refractivity contribution >= 4 is 23.8 Å².